The van der Waals surface area contributed by atoms with Crippen LogP contribution in [0.2, 0.25) is 0 Å². The Morgan fingerprint density at radius 1 is 1.06 bits per heavy atom. The fourth-order valence-corrected chi connectivity index (χ4v) is 4.86. The number of carboxylic acids is 1. The number of benzene rings is 2. The zero-order valence-electron chi connectivity index (χ0n) is 19.7. The van der Waals surface area contributed by atoms with E-state index in [0.29, 0.717) is 12.8 Å². The van der Waals surface area contributed by atoms with Crippen molar-refractivity contribution in [3.05, 3.63) is 59.7 Å². The lowest BCUT2D eigenvalue weighted by Gasteiger charge is -2.31. The molecule has 0 bridgehead atoms. The maximum absolute atomic E-state index is 13.2. The second kappa shape index (κ2) is 9.87. The van der Waals surface area contributed by atoms with Gasteiger partial charge in [0.25, 0.3) is 0 Å². The lowest BCUT2D eigenvalue weighted by Crippen LogP contribution is -2.60. The lowest BCUT2D eigenvalue weighted by molar-refractivity contribution is -0.137. The van der Waals surface area contributed by atoms with Crippen molar-refractivity contribution >= 4 is 18.0 Å². The molecule has 1 saturated carbocycles. The minimum Gasteiger partial charge on any atom is -0.481 e. The van der Waals surface area contributed by atoms with Crippen LogP contribution >= 0.6 is 0 Å². The van der Waals surface area contributed by atoms with Crippen LogP contribution in [0.4, 0.5) is 4.79 Å². The fourth-order valence-electron chi connectivity index (χ4n) is 4.86. The van der Waals surface area contributed by atoms with Crippen molar-refractivity contribution in [1.29, 1.82) is 0 Å². The van der Waals surface area contributed by atoms with Gasteiger partial charge >= 0.3 is 12.1 Å². The highest BCUT2D eigenvalue weighted by Crippen LogP contribution is 2.44. The number of aliphatic carboxylic acids is 1. The minimum atomic E-state index is -1.10. The molecule has 2 aliphatic carbocycles. The number of carbonyl (C=O) groups is 3. The first kappa shape index (κ1) is 23.8. The third-order valence-electron chi connectivity index (χ3n) is 7.11. The van der Waals surface area contributed by atoms with E-state index in [2.05, 4.69) is 34.9 Å². The molecule has 2 aliphatic rings. The van der Waals surface area contributed by atoms with E-state index in [-0.39, 0.29) is 36.8 Å². The second-order valence-electron chi connectivity index (χ2n) is 9.44. The molecule has 2 amide bonds. The van der Waals surface area contributed by atoms with Crippen molar-refractivity contribution in [2.24, 2.45) is 5.92 Å². The Labute approximate surface area is 199 Å². The summed E-state index contributed by atoms with van der Waals surface area (Å²) in [5, 5.41) is 14.7. The number of fused-ring (bicyclic) bond motifs is 3. The highest BCUT2D eigenvalue weighted by atomic mass is 16.5. The van der Waals surface area contributed by atoms with E-state index in [9.17, 15) is 14.4 Å². The molecule has 2 unspecified atom stereocenters. The smallest absolute Gasteiger partial charge is 0.408 e. The second-order valence-corrected chi connectivity index (χ2v) is 9.44. The van der Waals surface area contributed by atoms with Crippen molar-refractivity contribution in [2.45, 2.75) is 63.5 Å². The van der Waals surface area contributed by atoms with Crippen LogP contribution in [-0.2, 0) is 14.3 Å². The molecule has 2 aromatic carbocycles. The van der Waals surface area contributed by atoms with Gasteiger partial charge in [-0.2, -0.15) is 0 Å². The molecule has 7 heteroatoms. The summed E-state index contributed by atoms with van der Waals surface area (Å²) in [6.45, 7) is 3.81. The standard InChI is InChI=1S/C27H32N2O5/c1-3-18(14-15-24(30)31)28-25(32)27(2,17-12-13-17)29-26(33)34-16-23-21-10-6-4-8-19(21)20-9-5-7-11-22(20)23/h4-11,17-18,23H,3,12-16H2,1-2H3,(H,28,32)(H,29,33)(H,30,31). The van der Waals surface area contributed by atoms with Crippen molar-refractivity contribution in [2.75, 3.05) is 6.61 Å². The van der Waals surface area contributed by atoms with Crippen LogP contribution in [-0.4, -0.2) is 41.3 Å². The first-order valence-electron chi connectivity index (χ1n) is 12.0. The van der Waals surface area contributed by atoms with Crippen LogP contribution in [0, 0.1) is 5.92 Å². The van der Waals surface area contributed by atoms with Gasteiger partial charge in [0.2, 0.25) is 5.91 Å². The summed E-state index contributed by atoms with van der Waals surface area (Å²) in [6, 6.07) is 16.0. The molecular formula is C27H32N2O5. The Morgan fingerprint density at radius 3 is 2.18 bits per heavy atom. The van der Waals surface area contributed by atoms with E-state index >= 15 is 0 Å². The minimum absolute atomic E-state index is 0.0151. The number of carbonyl (C=O) groups excluding carboxylic acids is 2. The molecule has 0 heterocycles. The maximum Gasteiger partial charge on any atom is 0.408 e. The van der Waals surface area contributed by atoms with Gasteiger partial charge in [0, 0.05) is 18.4 Å². The third-order valence-corrected chi connectivity index (χ3v) is 7.11. The zero-order chi connectivity index (χ0) is 24.3. The summed E-state index contributed by atoms with van der Waals surface area (Å²) >= 11 is 0. The van der Waals surface area contributed by atoms with Crippen LogP contribution in [0.3, 0.4) is 0 Å². The molecule has 0 radical (unpaired) electrons. The van der Waals surface area contributed by atoms with Gasteiger partial charge in [0.1, 0.15) is 12.1 Å². The van der Waals surface area contributed by atoms with Gasteiger partial charge < -0.3 is 20.5 Å². The summed E-state index contributed by atoms with van der Waals surface area (Å²) in [4.78, 5) is 36.9. The summed E-state index contributed by atoms with van der Waals surface area (Å²) in [5.41, 5.74) is 3.47. The number of nitrogens with one attached hydrogen (secondary N) is 2. The lowest BCUT2D eigenvalue weighted by atomic mass is 9.93. The van der Waals surface area contributed by atoms with Gasteiger partial charge in [-0.25, -0.2) is 4.79 Å². The van der Waals surface area contributed by atoms with Crippen LogP contribution in [0.25, 0.3) is 11.1 Å². The van der Waals surface area contributed by atoms with Gasteiger partial charge in [-0.05, 0) is 60.8 Å². The maximum atomic E-state index is 13.2. The van der Waals surface area contributed by atoms with Crippen molar-refractivity contribution < 1.29 is 24.2 Å². The van der Waals surface area contributed by atoms with Crippen molar-refractivity contribution in [3.63, 3.8) is 0 Å². The molecule has 0 aromatic heterocycles. The van der Waals surface area contributed by atoms with Gasteiger partial charge in [-0.15, -0.1) is 0 Å². The molecular weight excluding hydrogens is 432 g/mol. The number of hydrogen-bond donors (Lipinski definition) is 3. The first-order valence-corrected chi connectivity index (χ1v) is 12.0. The number of hydrogen-bond acceptors (Lipinski definition) is 4. The molecule has 0 saturated heterocycles. The Bertz CT molecular complexity index is 1030. The van der Waals surface area contributed by atoms with Gasteiger partial charge in [-0.1, -0.05) is 55.5 Å². The van der Waals surface area contributed by atoms with Crippen LogP contribution in [0.1, 0.15) is 63.0 Å². The Balaban J connectivity index is 1.41. The van der Waals surface area contributed by atoms with E-state index in [0.717, 1.165) is 35.1 Å². The van der Waals surface area contributed by atoms with Crippen LogP contribution in [0.5, 0.6) is 0 Å². The topological polar surface area (TPSA) is 105 Å². The monoisotopic (exact) mass is 464 g/mol. The Morgan fingerprint density at radius 2 is 1.65 bits per heavy atom. The van der Waals surface area contributed by atoms with Gasteiger partial charge in [0.05, 0.1) is 0 Å². The molecule has 180 valence electrons. The number of ether oxygens (including phenoxy) is 1. The third kappa shape index (κ3) is 4.93. The van der Waals surface area contributed by atoms with E-state index < -0.39 is 17.6 Å². The summed E-state index contributed by atoms with van der Waals surface area (Å²) in [6.07, 6.45) is 2.02. The molecule has 2 atom stereocenters. The van der Waals surface area contributed by atoms with E-state index in [1.807, 2.05) is 31.2 Å². The summed E-state index contributed by atoms with van der Waals surface area (Å²) < 4.78 is 5.67. The van der Waals surface area contributed by atoms with E-state index in [4.69, 9.17) is 9.84 Å². The van der Waals surface area contributed by atoms with Gasteiger partial charge in [0.15, 0.2) is 0 Å². The highest BCUT2D eigenvalue weighted by Gasteiger charge is 2.49. The van der Waals surface area contributed by atoms with E-state index in [1.54, 1.807) is 6.92 Å². The molecule has 3 N–H and O–H groups in total. The fraction of sp³-hybridized carbons (Fsp3) is 0.444. The average molecular weight is 465 g/mol. The van der Waals surface area contributed by atoms with E-state index in [1.165, 1.54) is 0 Å². The molecule has 4 rings (SSSR count). The number of amides is 2. The van der Waals surface area contributed by atoms with Crippen molar-refractivity contribution in [3.8, 4) is 11.1 Å². The Kier molecular flexibility index (Phi) is 6.91. The molecule has 0 aliphatic heterocycles. The highest BCUT2D eigenvalue weighted by molar-refractivity contribution is 5.90. The number of rotatable bonds is 10. The average Bonchev–Trinajstić information content (AvgIpc) is 3.64. The number of carboxylic acid groups (broad SMARTS) is 1. The predicted molar refractivity (Wildman–Crippen MR) is 128 cm³/mol. The summed E-state index contributed by atoms with van der Waals surface area (Å²) in [5.74, 6) is -1.21. The predicted octanol–water partition coefficient (Wildman–Crippen LogP) is 4.45. The van der Waals surface area contributed by atoms with Crippen molar-refractivity contribution in [1.82, 2.24) is 10.6 Å². The SMILES string of the molecule is CCC(CCC(=O)O)NC(=O)C(C)(NC(=O)OCC1c2ccccc2-c2ccccc21)C1CC1. The Hall–Kier alpha value is -3.35. The molecule has 2 aromatic rings. The quantitative estimate of drug-likeness (QED) is 0.482. The summed E-state index contributed by atoms with van der Waals surface area (Å²) in [7, 11) is 0. The zero-order valence-corrected chi connectivity index (χ0v) is 19.7. The van der Waals surface area contributed by atoms with Crippen LogP contribution < -0.4 is 10.6 Å². The van der Waals surface area contributed by atoms with Crippen LogP contribution in [0.15, 0.2) is 48.5 Å². The molecule has 7 nitrogen and oxygen atoms in total. The molecule has 1 fully saturated rings. The van der Waals surface area contributed by atoms with Gasteiger partial charge in [-0.3, -0.25) is 9.59 Å². The molecule has 34 heavy (non-hydrogen) atoms. The molecule has 0 spiro atoms. The largest absolute Gasteiger partial charge is 0.481 e. The number of alkyl carbamates (subject to hydrolysis) is 1. The first-order chi connectivity index (χ1) is 16.3. The normalized spacial score (nSPS) is 17.1.